The molecule has 6 nitrogen and oxygen atoms in total. The van der Waals surface area contributed by atoms with Crippen LogP contribution in [0.5, 0.6) is 11.5 Å². The molecule has 3 rings (SSSR count). The normalized spacial score (nSPS) is 10.5. The summed E-state index contributed by atoms with van der Waals surface area (Å²) in [5.41, 5.74) is 0.702. The topological polar surface area (TPSA) is 88.8 Å². The Kier molecular flexibility index (Phi) is 5.39. The highest BCUT2D eigenvalue weighted by molar-refractivity contribution is 6.35. The van der Waals surface area contributed by atoms with Crippen molar-refractivity contribution in [2.75, 3.05) is 5.32 Å². The van der Waals surface area contributed by atoms with E-state index in [1.165, 1.54) is 18.2 Å². The Hall–Kier alpha value is -2.96. The van der Waals surface area contributed by atoms with Crippen LogP contribution in [0, 0.1) is 0 Å². The summed E-state index contributed by atoms with van der Waals surface area (Å²) < 4.78 is 10.6. The van der Waals surface area contributed by atoms with Gasteiger partial charge in [-0.05, 0) is 30.3 Å². The minimum absolute atomic E-state index is 0.0565. The van der Waals surface area contributed by atoms with Crippen molar-refractivity contribution in [3.05, 3.63) is 64.1 Å². The fourth-order valence-electron chi connectivity index (χ4n) is 2.37. The number of hydrogen-bond acceptors (Lipinski definition) is 5. The second-order valence-electron chi connectivity index (χ2n) is 5.51. The number of carbonyl (C=O) groups is 2. The maximum atomic E-state index is 12.4. The number of carbonyl (C=O) groups excluding carboxylic acids is 2. The molecule has 0 aliphatic carbocycles. The van der Waals surface area contributed by atoms with E-state index >= 15 is 0 Å². The number of benzene rings is 2. The summed E-state index contributed by atoms with van der Waals surface area (Å²) >= 11 is 12.0. The zero-order valence-corrected chi connectivity index (χ0v) is 15.5. The molecule has 0 unspecified atom stereocenters. The molecular weight excluding hydrogens is 393 g/mol. The van der Waals surface area contributed by atoms with Gasteiger partial charge in [0.05, 0.1) is 0 Å². The third-order valence-electron chi connectivity index (χ3n) is 3.47. The minimum Gasteiger partial charge on any atom is -0.502 e. The summed E-state index contributed by atoms with van der Waals surface area (Å²) in [5.74, 6) is -2.25. The van der Waals surface area contributed by atoms with E-state index in [4.69, 9.17) is 32.4 Å². The Morgan fingerprint density at radius 2 is 1.70 bits per heavy atom. The summed E-state index contributed by atoms with van der Waals surface area (Å²) in [6, 6.07) is 12.9. The Bertz CT molecular complexity index is 994. The molecular formula is C19H13Cl2NO5. The third kappa shape index (κ3) is 4.24. The van der Waals surface area contributed by atoms with Gasteiger partial charge in [-0.25, -0.2) is 0 Å². The van der Waals surface area contributed by atoms with E-state index in [-0.39, 0.29) is 17.4 Å². The van der Waals surface area contributed by atoms with Gasteiger partial charge in [-0.2, -0.15) is 0 Å². The molecule has 0 radical (unpaired) electrons. The highest BCUT2D eigenvalue weighted by Gasteiger charge is 2.26. The molecule has 1 aromatic heterocycles. The number of ether oxygens (including phenoxy) is 1. The maximum absolute atomic E-state index is 12.4. The number of anilines is 1. The first-order valence-corrected chi connectivity index (χ1v) is 8.47. The average molecular weight is 406 g/mol. The zero-order valence-electron chi connectivity index (χ0n) is 14.0. The summed E-state index contributed by atoms with van der Waals surface area (Å²) in [6.07, 6.45) is 0. The van der Waals surface area contributed by atoms with Crippen LogP contribution in [-0.4, -0.2) is 17.0 Å². The lowest BCUT2D eigenvalue weighted by Gasteiger charge is -2.04. The molecule has 8 heteroatoms. The summed E-state index contributed by atoms with van der Waals surface area (Å²) in [4.78, 5) is 23.8. The SMILES string of the molecule is CC(=O)Oc1c(NC(=O)c2ccccc2)oc(-c2cc(Cl)cc(Cl)c2)c1O. The Morgan fingerprint density at radius 1 is 1.07 bits per heavy atom. The number of aromatic hydroxyl groups is 1. The van der Waals surface area contributed by atoms with Crippen LogP contribution in [0.3, 0.4) is 0 Å². The van der Waals surface area contributed by atoms with Crippen LogP contribution in [0.25, 0.3) is 11.3 Å². The Balaban J connectivity index is 2.04. The van der Waals surface area contributed by atoms with Crippen molar-refractivity contribution in [3.63, 3.8) is 0 Å². The molecule has 0 fully saturated rings. The van der Waals surface area contributed by atoms with Gasteiger partial charge in [0.1, 0.15) is 0 Å². The van der Waals surface area contributed by atoms with E-state index in [1.54, 1.807) is 30.3 Å². The predicted octanol–water partition coefficient (Wildman–Crippen LogP) is 5.14. The van der Waals surface area contributed by atoms with Crippen molar-refractivity contribution in [1.29, 1.82) is 0 Å². The molecule has 1 amide bonds. The van der Waals surface area contributed by atoms with Gasteiger partial charge in [-0.15, -0.1) is 0 Å². The van der Waals surface area contributed by atoms with Crippen LogP contribution in [-0.2, 0) is 4.79 Å². The maximum Gasteiger partial charge on any atom is 0.308 e. The summed E-state index contributed by atoms with van der Waals surface area (Å²) in [5, 5.41) is 13.6. The van der Waals surface area contributed by atoms with Gasteiger partial charge in [0.15, 0.2) is 5.76 Å². The van der Waals surface area contributed by atoms with Gasteiger partial charge >= 0.3 is 5.97 Å². The lowest BCUT2D eigenvalue weighted by atomic mass is 10.1. The second kappa shape index (κ2) is 7.73. The second-order valence-corrected chi connectivity index (χ2v) is 6.38. The van der Waals surface area contributed by atoms with Gasteiger partial charge in [-0.3, -0.25) is 14.9 Å². The van der Waals surface area contributed by atoms with E-state index in [9.17, 15) is 14.7 Å². The molecule has 0 atom stereocenters. The number of hydrogen-bond donors (Lipinski definition) is 2. The summed E-state index contributed by atoms with van der Waals surface area (Å²) in [6.45, 7) is 1.16. The van der Waals surface area contributed by atoms with Gasteiger partial charge in [0.2, 0.25) is 17.4 Å². The molecule has 0 saturated heterocycles. The van der Waals surface area contributed by atoms with Crippen molar-refractivity contribution < 1.29 is 23.8 Å². The Morgan fingerprint density at radius 3 is 2.30 bits per heavy atom. The van der Waals surface area contributed by atoms with E-state index in [0.29, 0.717) is 21.2 Å². The number of furan rings is 1. The fraction of sp³-hybridized carbons (Fsp3) is 0.0526. The molecule has 2 aromatic carbocycles. The number of nitrogens with one attached hydrogen (secondary N) is 1. The van der Waals surface area contributed by atoms with Gasteiger partial charge in [0, 0.05) is 28.1 Å². The molecule has 0 bridgehead atoms. The average Bonchev–Trinajstić information content (AvgIpc) is 2.90. The van der Waals surface area contributed by atoms with Crippen LogP contribution in [0.15, 0.2) is 52.9 Å². The number of halogens is 2. The third-order valence-corrected chi connectivity index (χ3v) is 3.91. The van der Waals surface area contributed by atoms with E-state index < -0.39 is 17.6 Å². The van der Waals surface area contributed by atoms with E-state index in [2.05, 4.69) is 5.32 Å². The fourth-order valence-corrected chi connectivity index (χ4v) is 2.90. The molecule has 27 heavy (non-hydrogen) atoms. The monoisotopic (exact) mass is 405 g/mol. The van der Waals surface area contributed by atoms with Crippen LogP contribution < -0.4 is 10.1 Å². The van der Waals surface area contributed by atoms with Gasteiger partial charge in [0.25, 0.3) is 5.91 Å². The molecule has 0 saturated carbocycles. The first-order chi connectivity index (χ1) is 12.8. The number of rotatable bonds is 4. The molecule has 2 N–H and O–H groups in total. The lowest BCUT2D eigenvalue weighted by Crippen LogP contribution is -2.12. The quantitative estimate of drug-likeness (QED) is 0.586. The molecule has 3 aromatic rings. The standard InChI is InChI=1S/C19H13Cl2NO5/c1-10(23)26-17-15(24)16(12-7-13(20)9-14(21)8-12)27-19(17)22-18(25)11-5-3-2-4-6-11/h2-9,24H,1H3,(H,22,25). The number of amides is 1. The van der Waals surface area contributed by atoms with Crippen molar-refractivity contribution in [1.82, 2.24) is 0 Å². The molecule has 1 heterocycles. The van der Waals surface area contributed by atoms with Crippen LogP contribution in [0.2, 0.25) is 10.0 Å². The van der Waals surface area contributed by atoms with Gasteiger partial charge in [-0.1, -0.05) is 41.4 Å². The van der Waals surface area contributed by atoms with Crippen LogP contribution >= 0.6 is 23.2 Å². The van der Waals surface area contributed by atoms with Crippen molar-refractivity contribution in [2.24, 2.45) is 0 Å². The lowest BCUT2D eigenvalue weighted by molar-refractivity contribution is -0.132. The van der Waals surface area contributed by atoms with E-state index in [0.717, 1.165) is 6.92 Å². The molecule has 0 aliphatic heterocycles. The first-order valence-electron chi connectivity index (χ1n) is 7.72. The highest BCUT2D eigenvalue weighted by Crippen LogP contribution is 2.47. The van der Waals surface area contributed by atoms with Crippen LogP contribution in [0.4, 0.5) is 5.88 Å². The van der Waals surface area contributed by atoms with Gasteiger partial charge < -0.3 is 14.3 Å². The zero-order chi connectivity index (χ0) is 19.6. The minimum atomic E-state index is -0.697. The molecule has 0 spiro atoms. The largest absolute Gasteiger partial charge is 0.502 e. The Labute approximate surface area is 164 Å². The smallest absolute Gasteiger partial charge is 0.308 e. The highest BCUT2D eigenvalue weighted by atomic mass is 35.5. The van der Waals surface area contributed by atoms with Crippen molar-refractivity contribution in [2.45, 2.75) is 6.92 Å². The summed E-state index contributed by atoms with van der Waals surface area (Å²) in [7, 11) is 0. The number of esters is 1. The van der Waals surface area contributed by atoms with E-state index in [1.807, 2.05) is 0 Å². The first kappa shape index (κ1) is 18.8. The van der Waals surface area contributed by atoms with Crippen LogP contribution in [0.1, 0.15) is 17.3 Å². The van der Waals surface area contributed by atoms with Crippen molar-refractivity contribution in [3.8, 4) is 22.8 Å². The van der Waals surface area contributed by atoms with Crippen molar-refractivity contribution >= 4 is 41.0 Å². The molecule has 0 aliphatic rings. The molecule has 138 valence electrons. The predicted molar refractivity (Wildman–Crippen MR) is 102 cm³/mol.